The van der Waals surface area contributed by atoms with E-state index in [1.165, 1.54) is 6.92 Å². The van der Waals surface area contributed by atoms with Gasteiger partial charge in [0, 0.05) is 12.5 Å². The molecule has 0 heterocycles. The molecule has 2 rings (SSSR count). The van der Waals surface area contributed by atoms with E-state index in [4.69, 9.17) is 0 Å². The Morgan fingerprint density at radius 1 is 1.00 bits per heavy atom. The zero-order valence-electron chi connectivity index (χ0n) is 9.43. The van der Waals surface area contributed by atoms with Gasteiger partial charge in [-0.2, -0.15) is 0 Å². The fourth-order valence-corrected chi connectivity index (χ4v) is 1.34. The van der Waals surface area contributed by atoms with Gasteiger partial charge in [0.15, 0.2) is 0 Å². The van der Waals surface area contributed by atoms with Crippen molar-refractivity contribution in [2.45, 2.75) is 6.92 Å². The quantitative estimate of drug-likeness (QED) is 0.779. The van der Waals surface area contributed by atoms with Crippen LogP contribution in [0.25, 0.3) is 11.1 Å². The van der Waals surface area contributed by atoms with Crippen LogP contribution in [0.1, 0.15) is 6.92 Å². The lowest BCUT2D eigenvalue weighted by molar-refractivity contribution is -0.109. The van der Waals surface area contributed by atoms with E-state index in [0.717, 1.165) is 11.1 Å². The van der Waals surface area contributed by atoms with Gasteiger partial charge in [-0.15, -0.1) is 0 Å². The molecule has 0 amide bonds. The Bertz CT molecular complexity index is 477. The third-order valence-electron chi connectivity index (χ3n) is 1.99. The van der Waals surface area contributed by atoms with Crippen LogP contribution in [0, 0.1) is 0 Å². The molecule has 1 N–H and O–H groups in total. The van der Waals surface area contributed by atoms with Crippen molar-refractivity contribution in [2.24, 2.45) is 0 Å². The van der Waals surface area contributed by atoms with Crippen LogP contribution in [-0.4, -0.2) is 10.3 Å². The summed E-state index contributed by atoms with van der Waals surface area (Å²) in [6.07, 6.45) is 0. The van der Waals surface area contributed by atoms with Crippen molar-refractivity contribution in [1.29, 1.82) is 0 Å². The number of phenols is 1. The van der Waals surface area contributed by atoms with Crippen molar-refractivity contribution in [3.63, 3.8) is 0 Å². The smallest absolute Gasteiger partial charge is 0.218 e. The second kappa shape index (κ2) is 6.71. The van der Waals surface area contributed by atoms with Crippen LogP contribution in [0.15, 0.2) is 54.6 Å². The van der Waals surface area contributed by atoms with Gasteiger partial charge in [0.05, 0.1) is 0 Å². The molecular formula is C14H13ClO2. The van der Waals surface area contributed by atoms with Crippen LogP contribution in [0.2, 0.25) is 0 Å². The van der Waals surface area contributed by atoms with Crippen molar-refractivity contribution in [3.05, 3.63) is 54.6 Å². The van der Waals surface area contributed by atoms with E-state index in [-0.39, 0.29) is 5.24 Å². The lowest BCUT2D eigenvalue weighted by atomic mass is 10.1. The van der Waals surface area contributed by atoms with Gasteiger partial charge in [-0.05, 0) is 23.2 Å². The first-order valence-corrected chi connectivity index (χ1v) is 5.48. The minimum Gasteiger partial charge on any atom is -0.507 e. The highest BCUT2D eigenvalue weighted by atomic mass is 35.5. The highest BCUT2D eigenvalue weighted by Crippen LogP contribution is 2.27. The van der Waals surface area contributed by atoms with Gasteiger partial charge in [0.1, 0.15) is 5.75 Å². The summed E-state index contributed by atoms with van der Waals surface area (Å²) in [6, 6.07) is 17.2. The molecule has 0 aliphatic heterocycles. The van der Waals surface area contributed by atoms with Gasteiger partial charge in [-0.25, -0.2) is 0 Å². The molecule has 0 bridgehead atoms. The second-order valence-electron chi connectivity index (χ2n) is 3.35. The molecule has 2 nitrogen and oxygen atoms in total. The average molecular weight is 249 g/mol. The first-order valence-electron chi connectivity index (χ1n) is 5.10. The number of halogens is 1. The van der Waals surface area contributed by atoms with Crippen molar-refractivity contribution >= 4 is 16.8 Å². The highest BCUT2D eigenvalue weighted by molar-refractivity contribution is 6.62. The minimum atomic E-state index is -0.361. The number of para-hydroxylation sites is 1. The molecule has 2 aromatic rings. The Kier molecular flexibility index (Phi) is 5.24. The van der Waals surface area contributed by atoms with Crippen molar-refractivity contribution in [2.75, 3.05) is 0 Å². The molecule has 0 aromatic heterocycles. The summed E-state index contributed by atoms with van der Waals surface area (Å²) in [5, 5.41) is 9.20. The van der Waals surface area contributed by atoms with E-state index in [1.807, 2.05) is 48.5 Å². The second-order valence-corrected chi connectivity index (χ2v) is 3.89. The normalized spacial score (nSPS) is 9.06. The van der Waals surface area contributed by atoms with E-state index in [2.05, 4.69) is 11.6 Å². The summed E-state index contributed by atoms with van der Waals surface area (Å²) in [7, 11) is 0. The van der Waals surface area contributed by atoms with Gasteiger partial charge in [0.2, 0.25) is 5.24 Å². The van der Waals surface area contributed by atoms with Gasteiger partial charge < -0.3 is 5.11 Å². The largest absolute Gasteiger partial charge is 0.507 e. The zero-order valence-corrected chi connectivity index (χ0v) is 10.2. The highest BCUT2D eigenvalue weighted by Gasteiger charge is 2.00. The van der Waals surface area contributed by atoms with E-state index >= 15 is 0 Å². The Balaban J connectivity index is 0.000000317. The fourth-order valence-electron chi connectivity index (χ4n) is 1.34. The molecule has 0 saturated carbocycles. The van der Waals surface area contributed by atoms with Gasteiger partial charge in [-0.3, -0.25) is 4.79 Å². The lowest BCUT2D eigenvalue weighted by Crippen LogP contribution is -1.76. The summed E-state index contributed by atoms with van der Waals surface area (Å²) >= 11 is 4.64. The maximum atomic E-state index is 9.56. The van der Waals surface area contributed by atoms with E-state index in [0.29, 0.717) is 5.75 Å². The Morgan fingerprint density at radius 2 is 1.47 bits per heavy atom. The minimum absolute atomic E-state index is 0.328. The number of carbonyl (C=O) groups excluding carboxylic acids is 1. The maximum absolute atomic E-state index is 9.56. The van der Waals surface area contributed by atoms with Crippen LogP contribution in [-0.2, 0) is 4.79 Å². The third-order valence-corrected chi connectivity index (χ3v) is 1.99. The van der Waals surface area contributed by atoms with Crippen LogP contribution in [0.3, 0.4) is 0 Å². The summed E-state index contributed by atoms with van der Waals surface area (Å²) in [4.78, 5) is 9.21. The molecule has 0 unspecified atom stereocenters. The number of hydrogen-bond donors (Lipinski definition) is 1. The van der Waals surface area contributed by atoms with Crippen LogP contribution >= 0.6 is 11.6 Å². The van der Waals surface area contributed by atoms with E-state index in [1.54, 1.807) is 6.07 Å². The maximum Gasteiger partial charge on any atom is 0.218 e. The van der Waals surface area contributed by atoms with E-state index < -0.39 is 0 Å². The molecule has 0 atom stereocenters. The summed E-state index contributed by atoms with van der Waals surface area (Å²) < 4.78 is 0. The first-order chi connectivity index (χ1) is 8.11. The van der Waals surface area contributed by atoms with Crippen molar-refractivity contribution in [3.8, 4) is 16.9 Å². The van der Waals surface area contributed by atoms with Gasteiger partial charge in [-0.1, -0.05) is 48.5 Å². The van der Waals surface area contributed by atoms with E-state index in [9.17, 15) is 9.90 Å². The van der Waals surface area contributed by atoms with Gasteiger partial charge in [0.25, 0.3) is 0 Å². The van der Waals surface area contributed by atoms with Crippen LogP contribution < -0.4 is 0 Å². The number of benzene rings is 2. The molecule has 0 saturated heterocycles. The first kappa shape index (κ1) is 13.3. The molecular weight excluding hydrogens is 236 g/mol. The molecule has 0 fully saturated rings. The number of hydrogen-bond acceptors (Lipinski definition) is 2. The molecule has 88 valence electrons. The third kappa shape index (κ3) is 4.70. The van der Waals surface area contributed by atoms with Crippen LogP contribution in [0.4, 0.5) is 0 Å². The number of phenolic OH excluding ortho intramolecular Hbond substituents is 1. The topological polar surface area (TPSA) is 37.3 Å². The van der Waals surface area contributed by atoms with Gasteiger partial charge >= 0.3 is 0 Å². The monoisotopic (exact) mass is 248 g/mol. The summed E-state index contributed by atoms with van der Waals surface area (Å²) in [5.41, 5.74) is 1.92. The molecule has 0 aliphatic rings. The van der Waals surface area contributed by atoms with Crippen molar-refractivity contribution < 1.29 is 9.90 Å². The molecule has 2 aromatic carbocycles. The van der Waals surface area contributed by atoms with Crippen molar-refractivity contribution in [1.82, 2.24) is 0 Å². The molecule has 0 radical (unpaired) electrons. The number of carbonyl (C=O) groups is 1. The molecule has 0 aliphatic carbocycles. The Hall–Kier alpha value is -1.80. The molecule has 3 heteroatoms. The van der Waals surface area contributed by atoms with Crippen LogP contribution in [0.5, 0.6) is 5.75 Å². The predicted octanol–water partition coefficient (Wildman–Crippen LogP) is 3.83. The predicted molar refractivity (Wildman–Crippen MR) is 70.1 cm³/mol. The number of aromatic hydroxyl groups is 1. The zero-order chi connectivity index (χ0) is 12.7. The molecule has 0 spiro atoms. The Morgan fingerprint density at radius 3 is 2.00 bits per heavy atom. The summed E-state index contributed by atoms with van der Waals surface area (Å²) in [5.74, 6) is 0.328. The molecule has 17 heavy (non-hydrogen) atoms. The SMILES string of the molecule is CC(=O)Cl.Oc1ccccc1-c1ccccc1. The standard InChI is InChI=1S/C12H10O.C2H3ClO/c13-12-9-5-4-8-11(12)10-6-2-1-3-7-10;1-2(3)4/h1-9,13H;1H3. The Labute approximate surface area is 105 Å². The summed E-state index contributed by atoms with van der Waals surface area (Å²) in [6.45, 7) is 1.29. The average Bonchev–Trinajstić information content (AvgIpc) is 2.30. The number of rotatable bonds is 1. The fraction of sp³-hybridized carbons (Fsp3) is 0.0714. The lowest BCUT2D eigenvalue weighted by Gasteiger charge is -2.02.